The molecule has 64 valence electrons. The molecule has 0 spiro atoms. The average Bonchev–Trinajstić information content (AvgIpc) is 2.43. The lowest BCUT2D eigenvalue weighted by atomic mass is 9.80. The van der Waals surface area contributed by atoms with Gasteiger partial charge >= 0.3 is 0 Å². The van der Waals surface area contributed by atoms with Gasteiger partial charge in [-0.2, -0.15) is 0 Å². The molecule has 0 aromatic carbocycles. The summed E-state index contributed by atoms with van der Waals surface area (Å²) in [5.74, 6) is 0.843. The van der Waals surface area contributed by atoms with E-state index in [1.54, 1.807) is 0 Å². The first-order chi connectivity index (χ1) is 5.20. The van der Waals surface area contributed by atoms with Gasteiger partial charge in [0.1, 0.15) is 0 Å². The highest BCUT2D eigenvalue weighted by molar-refractivity contribution is 4.95. The van der Waals surface area contributed by atoms with Crippen LogP contribution < -0.4 is 0 Å². The highest BCUT2D eigenvalue weighted by Crippen LogP contribution is 2.49. The van der Waals surface area contributed by atoms with E-state index in [1.165, 1.54) is 25.7 Å². The van der Waals surface area contributed by atoms with Gasteiger partial charge in [-0.1, -0.05) is 13.8 Å². The molecule has 0 amide bonds. The molecule has 2 aliphatic rings. The Morgan fingerprint density at radius 1 is 1.55 bits per heavy atom. The van der Waals surface area contributed by atoms with Gasteiger partial charge in [-0.25, -0.2) is 0 Å². The van der Waals surface area contributed by atoms with Crippen molar-refractivity contribution in [2.75, 3.05) is 6.61 Å². The summed E-state index contributed by atoms with van der Waals surface area (Å²) in [6.45, 7) is 5.69. The van der Waals surface area contributed by atoms with Crippen LogP contribution in [-0.2, 0) is 4.74 Å². The summed E-state index contributed by atoms with van der Waals surface area (Å²) >= 11 is 0. The Bertz CT molecular complexity index is 143. The number of hydrogen-bond donors (Lipinski definition) is 0. The molecule has 2 atom stereocenters. The van der Waals surface area contributed by atoms with Crippen LogP contribution in [0.4, 0.5) is 0 Å². The van der Waals surface area contributed by atoms with Gasteiger partial charge in [0.15, 0.2) is 0 Å². The summed E-state index contributed by atoms with van der Waals surface area (Å²) in [6.07, 6.45) is 6.12. The molecular weight excluding hydrogens is 136 g/mol. The van der Waals surface area contributed by atoms with Crippen LogP contribution in [-0.4, -0.2) is 12.7 Å². The summed E-state index contributed by atoms with van der Waals surface area (Å²) in [4.78, 5) is 0. The van der Waals surface area contributed by atoms with E-state index in [0.717, 1.165) is 12.5 Å². The predicted molar refractivity (Wildman–Crippen MR) is 45.5 cm³/mol. The molecule has 1 heteroatoms. The second-order valence-corrected chi connectivity index (χ2v) is 4.77. The minimum atomic E-state index is 0.610. The van der Waals surface area contributed by atoms with Crippen molar-refractivity contribution in [2.45, 2.75) is 45.6 Å². The Kier molecular flexibility index (Phi) is 1.71. The van der Waals surface area contributed by atoms with Gasteiger partial charge in [0.25, 0.3) is 0 Å². The lowest BCUT2D eigenvalue weighted by Crippen LogP contribution is -2.22. The van der Waals surface area contributed by atoms with Crippen molar-refractivity contribution in [1.82, 2.24) is 0 Å². The first-order valence-corrected chi connectivity index (χ1v) is 4.82. The smallest absolute Gasteiger partial charge is 0.0581 e. The summed E-state index contributed by atoms with van der Waals surface area (Å²) in [7, 11) is 0. The molecule has 2 bridgehead atoms. The average molecular weight is 154 g/mol. The molecule has 1 heterocycles. The largest absolute Gasteiger partial charge is 0.378 e. The lowest BCUT2D eigenvalue weighted by Gasteiger charge is -2.27. The fourth-order valence-electron chi connectivity index (χ4n) is 2.83. The maximum atomic E-state index is 5.66. The second-order valence-electron chi connectivity index (χ2n) is 4.77. The zero-order chi connectivity index (χ0) is 7.90. The first-order valence-electron chi connectivity index (χ1n) is 4.82. The van der Waals surface area contributed by atoms with E-state index in [0.29, 0.717) is 11.5 Å². The third kappa shape index (κ3) is 1.31. The van der Waals surface area contributed by atoms with E-state index >= 15 is 0 Å². The molecule has 2 fully saturated rings. The normalized spacial score (nSPS) is 42.3. The van der Waals surface area contributed by atoms with Crippen LogP contribution in [0.15, 0.2) is 0 Å². The van der Waals surface area contributed by atoms with E-state index < -0.39 is 0 Å². The molecule has 0 radical (unpaired) electrons. The van der Waals surface area contributed by atoms with E-state index in [2.05, 4.69) is 13.8 Å². The number of hydrogen-bond acceptors (Lipinski definition) is 1. The summed E-state index contributed by atoms with van der Waals surface area (Å²) < 4.78 is 5.66. The van der Waals surface area contributed by atoms with Gasteiger partial charge in [-0.15, -0.1) is 0 Å². The predicted octanol–water partition coefficient (Wildman–Crippen LogP) is 2.60. The quantitative estimate of drug-likeness (QED) is 0.594. The number of ether oxygens (including phenoxy) is 1. The van der Waals surface area contributed by atoms with Crippen LogP contribution in [0, 0.1) is 11.3 Å². The summed E-state index contributed by atoms with van der Waals surface area (Å²) in [5.41, 5.74) is 0.610. The molecule has 1 aliphatic heterocycles. The van der Waals surface area contributed by atoms with Gasteiger partial charge in [0, 0.05) is 0 Å². The molecular formula is C10H18O. The van der Waals surface area contributed by atoms with E-state index in [-0.39, 0.29) is 0 Å². The van der Waals surface area contributed by atoms with Crippen molar-refractivity contribution in [3.63, 3.8) is 0 Å². The molecule has 2 unspecified atom stereocenters. The summed E-state index contributed by atoms with van der Waals surface area (Å²) in [6, 6.07) is 0. The Labute approximate surface area is 69.1 Å². The van der Waals surface area contributed by atoms with E-state index in [1.807, 2.05) is 0 Å². The highest BCUT2D eigenvalue weighted by atomic mass is 16.5. The minimum absolute atomic E-state index is 0.610. The molecule has 1 aliphatic carbocycles. The fourth-order valence-corrected chi connectivity index (χ4v) is 2.83. The van der Waals surface area contributed by atoms with Gasteiger partial charge in [-0.3, -0.25) is 0 Å². The first kappa shape index (κ1) is 7.60. The third-order valence-electron chi connectivity index (χ3n) is 3.12. The molecule has 1 nitrogen and oxygen atoms in total. The monoisotopic (exact) mass is 154 g/mol. The zero-order valence-corrected chi connectivity index (χ0v) is 7.60. The lowest BCUT2D eigenvalue weighted by molar-refractivity contribution is 0.0442. The van der Waals surface area contributed by atoms with Crippen molar-refractivity contribution in [3.05, 3.63) is 0 Å². The van der Waals surface area contributed by atoms with Gasteiger partial charge in [0.05, 0.1) is 12.7 Å². The van der Waals surface area contributed by atoms with Crippen LogP contribution >= 0.6 is 0 Å². The SMILES string of the molecule is CC(C)CC12CCC(C1)OC2. The Morgan fingerprint density at radius 3 is 2.73 bits per heavy atom. The van der Waals surface area contributed by atoms with Crippen molar-refractivity contribution in [2.24, 2.45) is 11.3 Å². The van der Waals surface area contributed by atoms with Gasteiger partial charge < -0.3 is 4.74 Å². The van der Waals surface area contributed by atoms with Gasteiger partial charge in [-0.05, 0) is 37.0 Å². The second kappa shape index (κ2) is 2.48. The Hall–Kier alpha value is -0.0400. The molecule has 1 saturated heterocycles. The maximum absolute atomic E-state index is 5.66. The van der Waals surface area contributed by atoms with Crippen LogP contribution in [0.1, 0.15) is 39.5 Å². The van der Waals surface area contributed by atoms with Crippen LogP contribution in [0.2, 0.25) is 0 Å². The number of rotatable bonds is 2. The topological polar surface area (TPSA) is 9.23 Å². The molecule has 0 aromatic heterocycles. The standard InChI is InChI=1S/C10H18O/c1-8(2)5-10-4-3-9(6-10)11-7-10/h8-9H,3-7H2,1-2H3. The van der Waals surface area contributed by atoms with Gasteiger partial charge in [0.2, 0.25) is 0 Å². The highest BCUT2D eigenvalue weighted by Gasteiger charge is 2.45. The van der Waals surface area contributed by atoms with Crippen molar-refractivity contribution >= 4 is 0 Å². The molecule has 1 saturated carbocycles. The molecule has 0 aromatic rings. The Morgan fingerprint density at radius 2 is 2.36 bits per heavy atom. The molecule has 11 heavy (non-hydrogen) atoms. The Balaban J connectivity index is 1.99. The van der Waals surface area contributed by atoms with E-state index in [4.69, 9.17) is 4.74 Å². The van der Waals surface area contributed by atoms with Crippen LogP contribution in [0.3, 0.4) is 0 Å². The molecule has 0 N–H and O–H groups in total. The third-order valence-corrected chi connectivity index (χ3v) is 3.12. The van der Waals surface area contributed by atoms with Crippen LogP contribution in [0.25, 0.3) is 0 Å². The van der Waals surface area contributed by atoms with Crippen molar-refractivity contribution in [1.29, 1.82) is 0 Å². The van der Waals surface area contributed by atoms with E-state index in [9.17, 15) is 0 Å². The maximum Gasteiger partial charge on any atom is 0.0581 e. The molecule has 2 rings (SSSR count). The fraction of sp³-hybridized carbons (Fsp3) is 1.00. The summed E-state index contributed by atoms with van der Waals surface area (Å²) in [5, 5.41) is 0. The zero-order valence-electron chi connectivity index (χ0n) is 7.60. The van der Waals surface area contributed by atoms with Crippen molar-refractivity contribution < 1.29 is 4.74 Å². The number of fused-ring (bicyclic) bond motifs is 2. The van der Waals surface area contributed by atoms with Crippen LogP contribution in [0.5, 0.6) is 0 Å². The van der Waals surface area contributed by atoms with Crippen molar-refractivity contribution in [3.8, 4) is 0 Å². The minimum Gasteiger partial charge on any atom is -0.378 e.